The highest BCUT2D eigenvalue weighted by molar-refractivity contribution is 5.90. The molecular formula is C24H36N4O4. The minimum atomic E-state index is -0.528. The predicted molar refractivity (Wildman–Crippen MR) is 121 cm³/mol. The molecule has 0 saturated carbocycles. The largest absolute Gasteiger partial charge is 0.444 e. The number of hydrogen-bond donors (Lipinski definition) is 2. The van der Waals surface area contributed by atoms with E-state index in [1.807, 2.05) is 57.0 Å². The van der Waals surface area contributed by atoms with Crippen molar-refractivity contribution >= 4 is 17.9 Å². The Morgan fingerprint density at radius 3 is 2.56 bits per heavy atom. The fourth-order valence-electron chi connectivity index (χ4n) is 4.20. The van der Waals surface area contributed by atoms with Gasteiger partial charge in [0.25, 0.3) is 5.91 Å². The molecule has 0 radical (unpaired) electrons. The van der Waals surface area contributed by atoms with Crippen LogP contribution in [0.2, 0.25) is 0 Å². The zero-order valence-electron chi connectivity index (χ0n) is 19.6. The Morgan fingerprint density at radius 1 is 1.16 bits per heavy atom. The van der Waals surface area contributed by atoms with E-state index in [2.05, 4.69) is 10.7 Å². The Labute approximate surface area is 190 Å². The number of benzene rings is 1. The number of likely N-dealkylation sites (tertiary alicyclic amines) is 1. The molecule has 8 nitrogen and oxygen atoms in total. The van der Waals surface area contributed by atoms with E-state index in [1.165, 1.54) is 0 Å². The summed E-state index contributed by atoms with van der Waals surface area (Å²) in [7, 11) is 0. The van der Waals surface area contributed by atoms with Crippen molar-refractivity contribution in [2.45, 2.75) is 71.6 Å². The molecule has 1 aromatic carbocycles. The minimum absolute atomic E-state index is 0.0174. The third-order valence-corrected chi connectivity index (χ3v) is 5.83. The summed E-state index contributed by atoms with van der Waals surface area (Å²) in [6.45, 7) is 9.88. The van der Waals surface area contributed by atoms with Crippen LogP contribution in [0.3, 0.4) is 0 Å². The number of hydrogen-bond acceptors (Lipinski definition) is 5. The first kappa shape index (κ1) is 24.0. The lowest BCUT2D eigenvalue weighted by Crippen LogP contribution is -2.54. The number of hydrazine groups is 1. The third-order valence-electron chi connectivity index (χ3n) is 5.83. The number of rotatable bonds is 6. The number of alkyl carbamates (subject to hydrolysis) is 1. The molecule has 2 aliphatic rings. The lowest BCUT2D eigenvalue weighted by atomic mass is 9.99. The smallest absolute Gasteiger partial charge is 0.407 e. The second-order valence-corrected chi connectivity index (χ2v) is 9.87. The number of piperidine rings is 1. The highest BCUT2D eigenvalue weighted by Crippen LogP contribution is 2.23. The SMILES string of the molecule is Cc1ccc(CN2C(=O)CC[C@H]2C(=O)NN2CCC[C@H](CNC(=O)OC(C)(C)C)C2)cc1. The van der Waals surface area contributed by atoms with Crippen LogP contribution in [0.4, 0.5) is 4.79 Å². The van der Waals surface area contributed by atoms with Crippen LogP contribution in [0.25, 0.3) is 0 Å². The molecule has 0 aromatic heterocycles. The van der Waals surface area contributed by atoms with E-state index in [1.54, 1.807) is 4.90 Å². The maximum atomic E-state index is 13.0. The summed E-state index contributed by atoms with van der Waals surface area (Å²) in [4.78, 5) is 39.0. The highest BCUT2D eigenvalue weighted by Gasteiger charge is 2.37. The topological polar surface area (TPSA) is 91.0 Å². The highest BCUT2D eigenvalue weighted by atomic mass is 16.6. The Balaban J connectivity index is 1.51. The van der Waals surface area contributed by atoms with Gasteiger partial charge in [-0.05, 0) is 58.4 Å². The quantitative estimate of drug-likeness (QED) is 0.704. The second kappa shape index (κ2) is 10.3. The lowest BCUT2D eigenvalue weighted by Gasteiger charge is -2.34. The first-order valence-corrected chi connectivity index (χ1v) is 11.5. The van der Waals surface area contributed by atoms with Gasteiger partial charge in [0.1, 0.15) is 11.6 Å². The van der Waals surface area contributed by atoms with Crippen molar-refractivity contribution in [3.8, 4) is 0 Å². The molecule has 0 bridgehead atoms. The summed E-state index contributed by atoms with van der Waals surface area (Å²) in [5.41, 5.74) is 4.68. The maximum absolute atomic E-state index is 13.0. The van der Waals surface area contributed by atoms with E-state index in [-0.39, 0.29) is 17.7 Å². The van der Waals surface area contributed by atoms with Crippen molar-refractivity contribution in [3.05, 3.63) is 35.4 Å². The summed E-state index contributed by atoms with van der Waals surface area (Å²) in [5, 5.41) is 4.75. The monoisotopic (exact) mass is 444 g/mol. The zero-order chi connectivity index (χ0) is 23.3. The number of ether oxygens (including phenoxy) is 1. The molecule has 1 aromatic rings. The van der Waals surface area contributed by atoms with Crippen LogP contribution in [0.1, 0.15) is 57.6 Å². The third kappa shape index (κ3) is 6.95. The number of nitrogens with one attached hydrogen (secondary N) is 2. The molecule has 0 spiro atoms. The fourth-order valence-corrected chi connectivity index (χ4v) is 4.20. The standard InChI is InChI=1S/C24H36N4O4/c1-17-7-9-18(10-8-17)16-28-20(11-12-21(28)29)22(30)26-27-13-5-6-19(15-27)14-25-23(31)32-24(2,3)4/h7-10,19-20H,5-6,11-16H2,1-4H3,(H,25,31)(H,26,30)/t19-,20+/m1/s1. The average Bonchev–Trinajstić information content (AvgIpc) is 3.07. The molecule has 2 heterocycles. The number of carbonyl (C=O) groups is 3. The summed E-state index contributed by atoms with van der Waals surface area (Å²) < 4.78 is 5.29. The molecule has 32 heavy (non-hydrogen) atoms. The molecule has 2 aliphatic heterocycles. The van der Waals surface area contributed by atoms with Crippen LogP contribution in [0, 0.1) is 12.8 Å². The van der Waals surface area contributed by atoms with E-state index in [0.717, 1.165) is 30.5 Å². The molecule has 3 rings (SSSR count). The first-order chi connectivity index (χ1) is 15.1. The van der Waals surface area contributed by atoms with Gasteiger partial charge >= 0.3 is 6.09 Å². The van der Waals surface area contributed by atoms with E-state index < -0.39 is 17.7 Å². The summed E-state index contributed by atoms with van der Waals surface area (Å²) in [6, 6.07) is 7.59. The van der Waals surface area contributed by atoms with Crippen molar-refractivity contribution in [2.75, 3.05) is 19.6 Å². The second-order valence-electron chi connectivity index (χ2n) is 9.87. The van der Waals surface area contributed by atoms with Crippen LogP contribution in [0.5, 0.6) is 0 Å². The zero-order valence-corrected chi connectivity index (χ0v) is 19.6. The van der Waals surface area contributed by atoms with E-state index in [4.69, 9.17) is 4.74 Å². The van der Waals surface area contributed by atoms with Crippen molar-refractivity contribution in [2.24, 2.45) is 5.92 Å². The van der Waals surface area contributed by atoms with Crippen LogP contribution >= 0.6 is 0 Å². The molecule has 2 fully saturated rings. The summed E-state index contributed by atoms with van der Waals surface area (Å²) in [5.74, 6) is 0.109. The van der Waals surface area contributed by atoms with Gasteiger partial charge in [-0.3, -0.25) is 15.0 Å². The number of nitrogens with zero attached hydrogens (tertiary/aromatic N) is 2. The number of aryl methyl sites for hydroxylation is 1. The fraction of sp³-hybridized carbons (Fsp3) is 0.625. The molecule has 2 atom stereocenters. The molecule has 8 heteroatoms. The van der Waals surface area contributed by atoms with E-state index in [9.17, 15) is 14.4 Å². The van der Waals surface area contributed by atoms with Crippen LogP contribution in [-0.4, -0.2) is 59.1 Å². The van der Waals surface area contributed by atoms with Crippen LogP contribution in [-0.2, 0) is 20.9 Å². The van der Waals surface area contributed by atoms with Crippen molar-refractivity contribution in [1.29, 1.82) is 0 Å². The molecule has 2 N–H and O–H groups in total. The number of carbonyl (C=O) groups excluding carboxylic acids is 3. The molecule has 0 aliphatic carbocycles. The van der Waals surface area contributed by atoms with Gasteiger partial charge in [-0.2, -0.15) is 0 Å². The lowest BCUT2D eigenvalue weighted by molar-refractivity contribution is -0.138. The summed E-state index contributed by atoms with van der Waals surface area (Å²) in [6.07, 6.45) is 2.41. The Morgan fingerprint density at radius 2 is 1.88 bits per heavy atom. The van der Waals surface area contributed by atoms with Crippen LogP contribution in [0.15, 0.2) is 24.3 Å². The van der Waals surface area contributed by atoms with Gasteiger partial charge in [0.05, 0.1) is 0 Å². The van der Waals surface area contributed by atoms with Gasteiger partial charge in [-0.25, -0.2) is 9.80 Å². The van der Waals surface area contributed by atoms with Gasteiger partial charge in [-0.15, -0.1) is 0 Å². The maximum Gasteiger partial charge on any atom is 0.407 e. The minimum Gasteiger partial charge on any atom is -0.444 e. The molecule has 176 valence electrons. The molecule has 0 unspecified atom stereocenters. The first-order valence-electron chi connectivity index (χ1n) is 11.5. The number of amides is 3. The van der Waals surface area contributed by atoms with E-state index in [0.29, 0.717) is 32.5 Å². The van der Waals surface area contributed by atoms with Gasteiger partial charge < -0.3 is 15.0 Å². The molecular weight excluding hydrogens is 408 g/mol. The Bertz CT molecular complexity index is 818. The van der Waals surface area contributed by atoms with Gasteiger partial charge in [-0.1, -0.05) is 29.8 Å². The Hall–Kier alpha value is -2.61. The van der Waals surface area contributed by atoms with Crippen molar-refractivity contribution < 1.29 is 19.1 Å². The van der Waals surface area contributed by atoms with Gasteiger partial charge in [0, 0.05) is 32.6 Å². The Kier molecular flexibility index (Phi) is 7.77. The van der Waals surface area contributed by atoms with E-state index >= 15 is 0 Å². The normalized spacial score (nSPS) is 22.0. The van der Waals surface area contributed by atoms with Crippen molar-refractivity contribution in [1.82, 2.24) is 20.7 Å². The molecule has 3 amide bonds. The van der Waals surface area contributed by atoms with Crippen LogP contribution < -0.4 is 10.7 Å². The van der Waals surface area contributed by atoms with Gasteiger partial charge in [0.15, 0.2) is 0 Å². The predicted octanol–water partition coefficient (Wildman–Crippen LogP) is 2.75. The molecule has 2 saturated heterocycles. The average molecular weight is 445 g/mol. The van der Waals surface area contributed by atoms with Crippen molar-refractivity contribution in [3.63, 3.8) is 0 Å². The van der Waals surface area contributed by atoms with Gasteiger partial charge in [0.2, 0.25) is 5.91 Å². The summed E-state index contributed by atoms with van der Waals surface area (Å²) >= 11 is 0.